The fourth-order valence-electron chi connectivity index (χ4n) is 2.49. The molecule has 3 aliphatic rings. The van der Waals surface area contributed by atoms with Crippen molar-refractivity contribution in [3.63, 3.8) is 0 Å². The molecule has 0 spiro atoms. The lowest BCUT2D eigenvalue weighted by Crippen LogP contribution is -2.61. The summed E-state index contributed by atoms with van der Waals surface area (Å²) in [5.41, 5.74) is 7.79. The van der Waals surface area contributed by atoms with E-state index in [1.165, 1.54) is 0 Å². The molecule has 2 bridgehead atoms. The third-order valence-corrected chi connectivity index (χ3v) is 3.55. The smallest absolute Gasteiger partial charge is 0.251 e. The molecule has 0 radical (unpaired) electrons. The number of anilines is 1. The highest BCUT2D eigenvalue weighted by molar-refractivity contribution is 5.83. The van der Waals surface area contributed by atoms with Gasteiger partial charge in [-0.3, -0.25) is 4.79 Å². The number of hydrogen-bond donors (Lipinski definition) is 1. The van der Waals surface area contributed by atoms with Gasteiger partial charge in [0.1, 0.15) is 6.10 Å². The molecule has 1 amide bonds. The third kappa shape index (κ3) is 1.89. The SMILES string of the molecule is Nc1ccccc1CCN1CC2CC(O2)C1=O. The fourth-order valence-corrected chi connectivity index (χ4v) is 2.49. The molecule has 0 saturated carbocycles. The molecule has 2 N–H and O–H groups in total. The maximum atomic E-state index is 11.8. The summed E-state index contributed by atoms with van der Waals surface area (Å²) >= 11 is 0. The lowest BCUT2D eigenvalue weighted by atomic mass is 9.97. The highest BCUT2D eigenvalue weighted by Gasteiger charge is 2.44. The van der Waals surface area contributed by atoms with Gasteiger partial charge < -0.3 is 15.4 Å². The number of carbonyl (C=O) groups is 1. The lowest BCUT2D eigenvalue weighted by molar-refractivity contribution is -0.197. The third-order valence-electron chi connectivity index (χ3n) is 3.55. The minimum absolute atomic E-state index is 0.141. The normalized spacial score (nSPS) is 26.8. The van der Waals surface area contributed by atoms with Crippen LogP contribution < -0.4 is 5.73 Å². The Morgan fingerprint density at radius 2 is 2.18 bits per heavy atom. The molecule has 4 nitrogen and oxygen atoms in total. The van der Waals surface area contributed by atoms with Crippen molar-refractivity contribution in [1.29, 1.82) is 0 Å². The van der Waals surface area contributed by atoms with Gasteiger partial charge in [-0.25, -0.2) is 0 Å². The zero-order valence-corrected chi connectivity index (χ0v) is 9.63. The summed E-state index contributed by atoms with van der Waals surface area (Å²) in [7, 11) is 0. The van der Waals surface area contributed by atoms with Crippen molar-refractivity contribution in [2.45, 2.75) is 25.0 Å². The number of ether oxygens (including phenoxy) is 1. The number of benzene rings is 1. The highest BCUT2D eigenvalue weighted by Crippen LogP contribution is 2.29. The van der Waals surface area contributed by atoms with Crippen molar-refractivity contribution in [1.82, 2.24) is 4.90 Å². The van der Waals surface area contributed by atoms with Gasteiger partial charge in [-0.05, 0) is 18.1 Å². The number of piperidine rings is 1. The number of rotatable bonds is 3. The van der Waals surface area contributed by atoms with Crippen LogP contribution in [0.1, 0.15) is 12.0 Å². The Balaban J connectivity index is 1.61. The second-order valence-corrected chi connectivity index (χ2v) is 4.72. The van der Waals surface area contributed by atoms with Crippen molar-refractivity contribution < 1.29 is 9.53 Å². The van der Waals surface area contributed by atoms with Crippen LogP contribution >= 0.6 is 0 Å². The Morgan fingerprint density at radius 3 is 2.88 bits per heavy atom. The van der Waals surface area contributed by atoms with E-state index in [0.29, 0.717) is 0 Å². The number of para-hydroxylation sites is 1. The number of hydrogen-bond acceptors (Lipinski definition) is 3. The van der Waals surface area contributed by atoms with Gasteiger partial charge >= 0.3 is 0 Å². The number of amides is 1. The summed E-state index contributed by atoms with van der Waals surface area (Å²) in [6.07, 6.45) is 1.83. The molecule has 17 heavy (non-hydrogen) atoms. The van der Waals surface area contributed by atoms with E-state index in [0.717, 1.165) is 37.2 Å². The van der Waals surface area contributed by atoms with Gasteiger partial charge in [0.25, 0.3) is 5.91 Å². The first-order chi connectivity index (χ1) is 8.24. The summed E-state index contributed by atoms with van der Waals surface area (Å²) in [4.78, 5) is 13.7. The Labute approximate surface area is 100 Å². The molecular formula is C13H16N2O2. The number of morpholine rings is 1. The van der Waals surface area contributed by atoms with E-state index < -0.39 is 0 Å². The molecule has 1 aromatic rings. The van der Waals surface area contributed by atoms with Crippen molar-refractivity contribution in [3.05, 3.63) is 29.8 Å². The Hall–Kier alpha value is -1.55. The Kier molecular flexibility index (Phi) is 2.52. The molecule has 3 aliphatic heterocycles. The zero-order valence-electron chi connectivity index (χ0n) is 9.63. The second-order valence-electron chi connectivity index (χ2n) is 4.72. The second kappa shape index (κ2) is 4.04. The van der Waals surface area contributed by atoms with Crippen LogP contribution in [0.25, 0.3) is 0 Å². The number of nitrogen functional groups attached to an aromatic ring is 1. The highest BCUT2D eigenvalue weighted by atomic mass is 16.5. The molecule has 4 rings (SSSR count). The topological polar surface area (TPSA) is 55.6 Å². The molecule has 90 valence electrons. The fraction of sp³-hybridized carbons (Fsp3) is 0.462. The standard InChI is InChI=1S/C13H16N2O2/c14-11-4-2-1-3-9(11)5-6-15-8-10-7-12(17-10)13(15)16/h1-4,10,12H,5-8,14H2. The van der Waals surface area contributed by atoms with Gasteiger partial charge in [0.05, 0.1) is 6.10 Å². The molecule has 3 saturated heterocycles. The van der Waals surface area contributed by atoms with E-state index in [9.17, 15) is 4.79 Å². The van der Waals surface area contributed by atoms with Crippen LogP contribution in [0.15, 0.2) is 24.3 Å². The molecule has 3 heterocycles. The van der Waals surface area contributed by atoms with Crippen LogP contribution in [0.3, 0.4) is 0 Å². The van der Waals surface area contributed by atoms with E-state index in [1.54, 1.807) is 0 Å². The number of fused-ring (bicyclic) bond motifs is 2. The van der Waals surface area contributed by atoms with E-state index in [1.807, 2.05) is 29.2 Å². The van der Waals surface area contributed by atoms with Crippen molar-refractivity contribution in [2.24, 2.45) is 0 Å². The van der Waals surface area contributed by atoms with Crippen LogP contribution in [0.5, 0.6) is 0 Å². The zero-order chi connectivity index (χ0) is 11.8. The summed E-state index contributed by atoms with van der Waals surface area (Å²) < 4.78 is 5.38. The average Bonchev–Trinajstić information content (AvgIpc) is 2.28. The number of carbonyl (C=O) groups excluding carboxylic acids is 1. The number of nitrogens with two attached hydrogens (primary N) is 1. The van der Waals surface area contributed by atoms with Gasteiger partial charge in [0, 0.05) is 25.2 Å². The largest absolute Gasteiger partial charge is 0.399 e. The Bertz CT molecular complexity index is 441. The van der Waals surface area contributed by atoms with Crippen LogP contribution in [-0.4, -0.2) is 36.1 Å². The van der Waals surface area contributed by atoms with E-state index in [2.05, 4.69) is 0 Å². The number of nitrogens with zero attached hydrogens (tertiary/aromatic N) is 1. The minimum Gasteiger partial charge on any atom is -0.399 e. The molecular weight excluding hydrogens is 216 g/mol. The first-order valence-corrected chi connectivity index (χ1v) is 6.01. The quantitative estimate of drug-likeness (QED) is 0.785. The van der Waals surface area contributed by atoms with Crippen LogP contribution in [0, 0.1) is 0 Å². The van der Waals surface area contributed by atoms with Crippen LogP contribution in [-0.2, 0) is 16.0 Å². The van der Waals surface area contributed by atoms with Gasteiger partial charge in [-0.1, -0.05) is 18.2 Å². The monoisotopic (exact) mass is 232 g/mol. The van der Waals surface area contributed by atoms with Crippen LogP contribution in [0.4, 0.5) is 5.69 Å². The predicted molar refractivity (Wildman–Crippen MR) is 64.4 cm³/mol. The first-order valence-electron chi connectivity index (χ1n) is 6.01. The molecule has 2 atom stereocenters. The van der Waals surface area contributed by atoms with Gasteiger partial charge in [0.2, 0.25) is 0 Å². The molecule has 0 aliphatic carbocycles. The van der Waals surface area contributed by atoms with Crippen LogP contribution in [0.2, 0.25) is 0 Å². The maximum Gasteiger partial charge on any atom is 0.251 e. The molecule has 0 aromatic heterocycles. The van der Waals surface area contributed by atoms with Crippen molar-refractivity contribution in [2.75, 3.05) is 18.8 Å². The first kappa shape index (κ1) is 10.6. The minimum atomic E-state index is -0.165. The molecule has 1 aromatic carbocycles. The van der Waals surface area contributed by atoms with Gasteiger partial charge in [0.15, 0.2) is 0 Å². The van der Waals surface area contributed by atoms with Crippen molar-refractivity contribution >= 4 is 11.6 Å². The molecule has 3 fully saturated rings. The van der Waals surface area contributed by atoms with E-state index >= 15 is 0 Å². The van der Waals surface area contributed by atoms with E-state index in [4.69, 9.17) is 10.5 Å². The molecule has 4 heteroatoms. The summed E-state index contributed by atoms with van der Waals surface area (Å²) in [5.74, 6) is 0.141. The Morgan fingerprint density at radius 1 is 1.41 bits per heavy atom. The lowest BCUT2D eigenvalue weighted by Gasteiger charge is -2.46. The molecule has 2 unspecified atom stereocenters. The maximum absolute atomic E-state index is 11.8. The summed E-state index contributed by atoms with van der Waals surface area (Å²) in [5, 5.41) is 0. The summed E-state index contributed by atoms with van der Waals surface area (Å²) in [6.45, 7) is 1.48. The summed E-state index contributed by atoms with van der Waals surface area (Å²) in [6, 6.07) is 7.81. The van der Waals surface area contributed by atoms with Gasteiger partial charge in [-0.15, -0.1) is 0 Å². The predicted octanol–water partition coefficient (Wildman–Crippen LogP) is 0.811. The van der Waals surface area contributed by atoms with Crippen molar-refractivity contribution in [3.8, 4) is 0 Å². The van der Waals surface area contributed by atoms with Gasteiger partial charge in [-0.2, -0.15) is 0 Å². The average molecular weight is 232 g/mol. The van der Waals surface area contributed by atoms with E-state index in [-0.39, 0.29) is 18.1 Å².